The summed E-state index contributed by atoms with van der Waals surface area (Å²) in [5.74, 6) is -0.556. The van der Waals surface area contributed by atoms with Gasteiger partial charge >= 0.3 is 5.97 Å². The van der Waals surface area contributed by atoms with Gasteiger partial charge < -0.3 is 10.5 Å². The van der Waals surface area contributed by atoms with E-state index in [0.29, 0.717) is 0 Å². The fourth-order valence-corrected chi connectivity index (χ4v) is 1.30. The SMILES string of the molecule is CCOC(=O)c1cc(C#N)c(N)cc1Cl. The zero-order valence-electron chi connectivity index (χ0n) is 8.08. The highest BCUT2D eigenvalue weighted by Gasteiger charge is 2.14. The van der Waals surface area contributed by atoms with Gasteiger partial charge in [-0.3, -0.25) is 0 Å². The Labute approximate surface area is 92.2 Å². The third-order valence-corrected chi connectivity index (χ3v) is 2.07. The van der Waals surface area contributed by atoms with Crippen LogP contribution in [0.15, 0.2) is 12.1 Å². The fourth-order valence-electron chi connectivity index (χ4n) is 1.05. The highest BCUT2D eigenvalue weighted by molar-refractivity contribution is 6.34. The monoisotopic (exact) mass is 224 g/mol. The van der Waals surface area contributed by atoms with Crippen LogP contribution in [0.3, 0.4) is 0 Å². The van der Waals surface area contributed by atoms with Crippen LogP contribution in [0.2, 0.25) is 5.02 Å². The van der Waals surface area contributed by atoms with E-state index in [4.69, 9.17) is 27.3 Å². The summed E-state index contributed by atoms with van der Waals surface area (Å²) in [4.78, 5) is 11.4. The highest BCUT2D eigenvalue weighted by atomic mass is 35.5. The number of halogens is 1. The molecule has 0 aromatic heterocycles. The number of nitriles is 1. The van der Waals surface area contributed by atoms with Crippen LogP contribution in [-0.2, 0) is 4.74 Å². The molecule has 1 aromatic rings. The van der Waals surface area contributed by atoms with Crippen LogP contribution in [0.25, 0.3) is 0 Å². The van der Waals surface area contributed by atoms with Gasteiger partial charge in [0.1, 0.15) is 6.07 Å². The minimum atomic E-state index is -0.556. The maximum atomic E-state index is 11.4. The molecular weight excluding hydrogens is 216 g/mol. The second-order valence-electron chi connectivity index (χ2n) is 2.75. The molecule has 0 bridgehead atoms. The average Bonchev–Trinajstić information content (AvgIpc) is 2.18. The molecule has 0 heterocycles. The van der Waals surface area contributed by atoms with Crippen molar-refractivity contribution in [3.63, 3.8) is 0 Å². The quantitative estimate of drug-likeness (QED) is 0.616. The van der Waals surface area contributed by atoms with Gasteiger partial charge in [0.15, 0.2) is 0 Å². The zero-order valence-corrected chi connectivity index (χ0v) is 8.84. The summed E-state index contributed by atoms with van der Waals surface area (Å²) in [7, 11) is 0. The molecule has 78 valence electrons. The normalized spacial score (nSPS) is 9.40. The number of hydrogen-bond donors (Lipinski definition) is 1. The van der Waals surface area contributed by atoms with E-state index in [1.54, 1.807) is 6.92 Å². The predicted molar refractivity (Wildman–Crippen MR) is 56.5 cm³/mol. The van der Waals surface area contributed by atoms with Crippen molar-refractivity contribution >= 4 is 23.3 Å². The summed E-state index contributed by atoms with van der Waals surface area (Å²) < 4.78 is 4.77. The minimum absolute atomic E-state index is 0.157. The van der Waals surface area contributed by atoms with E-state index in [1.165, 1.54) is 12.1 Å². The fraction of sp³-hybridized carbons (Fsp3) is 0.200. The predicted octanol–water partition coefficient (Wildman–Crippen LogP) is 1.97. The molecule has 0 fully saturated rings. The van der Waals surface area contributed by atoms with Crippen molar-refractivity contribution in [3.05, 3.63) is 28.3 Å². The summed E-state index contributed by atoms with van der Waals surface area (Å²) in [6.07, 6.45) is 0. The van der Waals surface area contributed by atoms with E-state index < -0.39 is 5.97 Å². The third-order valence-electron chi connectivity index (χ3n) is 1.76. The molecule has 0 spiro atoms. The van der Waals surface area contributed by atoms with E-state index >= 15 is 0 Å². The number of carbonyl (C=O) groups is 1. The number of ether oxygens (including phenoxy) is 1. The largest absolute Gasteiger partial charge is 0.462 e. The van der Waals surface area contributed by atoms with Crippen LogP contribution in [0.4, 0.5) is 5.69 Å². The van der Waals surface area contributed by atoms with Crippen molar-refractivity contribution in [1.82, 2.24) is 0 Å². The van der Waals surface area contributed by atoms with E-state index in [9.17, 15) is 4.79 Å². The summed E-state index contributed by atoms with van der Waals surface area (Å²) in [5.41, 5.74) is 6.13. The van der Waals surface area contributed by atoms with E-state index in [2.05, 4.69) is 0 Å². The molecule has 2 N–H and O–H groups in total. The van der Waals surface area contributed by atoms with Gasteiger partial charge in [-0.2, -0.15) is 5.26 Å². The molecule has 0 aliphatic rings. The van der Waals surface area contributed by atoms with Crippen LogP contribution in [-0.4, -0.2) is 12.6 Å². The molecule has 0 aliphatic heterocycles. The molecule has 5 heteroatoms. The van der Waals surface area contributed by atoms with Gasteiger partial charge in [0.25, 0.3) is 0 Å². The number of esters is 1. The first-order valence-electron chi connectivity index (χ1n) is 4.26. The molecule has 0 aliphatic carbocycles. The smallest absolute Gasteiger partial charge is 0.339 e. The minimum Gasteiger partial charge on any atom is -0.462 e. The van der Waals surface area contributed by atoms with Crippen molar-refractivity contribution < 1.29 is 9.53 Å². The first kappa shape index (κ1) is 11.3. The van der Waals surface area contributed by atoms with Crippen molar-refractivity contribution in [2.24, 2.45) is 0 Å². The molecule has 1 rings (SSSR count). The Bertz CT molecular complexity index is 438. The van der Waals surface area contributed by atoms with Gasteiger partial charge in [-0.05, 0) is 19.1 Å². The van der Waals surface area contributed by atoms with Crippen LogP contribution in [0.5, 0.6) is 0 Å². The van der Waals surface area contributed by atoms with Gasteiger partial charge in [0.05, 0.1) is 28.4 Å². The number of hydrogen-bond acceptors (Lipinski definition) is 4. The summed E-state index contributed by atoms with van der Waals surface area (Å²) >= 11 is 5.80. The Morgan fingerprint density at radius 3 is 2.87 bits per heavy atom. The Hall–Kier alpha value is -1.73. The number of anilines is 1. The maximum absolute atomic E-state index is 11.4. The van der Waals surface area contributed by atoms with Gasteiger partial charge in [-0.25, -0.2) is 4.79 Å². The maximum Gasteiger partial charge on any atom is 0.339 e. The topological polar surface area (TPSA) is 76.1 Å². The molecule has 0 atom stereocenters. The van der Waals surface area contributed by atoms with Crippen molar-refractivity contribution in [1.29, 1.82) is 5.26 Å². The van der Waals surface area contributed by atoms with Gasteiger partial charge in [-0.1, -0.05) is 11.6 Å². The van der Waals surface area contributed by atoms with Crippen LogP contribution < -0.4 is 5.73 Å². The lowest BCUT2D eigenvalue weighted by Crippen LogP contribution is -2.06. The Kier molecular flexibility index (Phi) is 3.53. The zero-order chi connectivity index (χ0) is 11.4. The molecule has 15 heavy (non-hydrogen) atoms. The van der Waals surface area contributed by atoms with Crippen LogP contribution in [0.1, 0.15) is 22.8 Å². The number of benzene rings is 1. The lowest BCUT2D eigenvalue weighted by atomic mass is 10.1. The third kappa shape index (κ3) is 2.39. The molecule has 0 saturated heterocycles. The summed E-state index contributed by atoms with van der Waals surface area (Å²) in [5, 5.41) is 8.91. The second-order valence-corrected chi connectivity index (χ2v) is 3.16. The van der Waals surface area contributed by atoms with Crippen LogP contribution in [0, 0.1) is 11.3 Å². The first-order valence-corrected chi connectivity index (χ1v) is 4.64. The van der Waals surface area contributed by atoms with Crippen molar-refractivity contribution in [2.45, 2.75) is 6.92 Å². The van der Waals surface area contributed by atoms with Gasteiger partial charge in [0, 0.05) is 0 Å². The molecule has 4 nitrogen and oxygen atoms in total. The Morgan fingerprint density at radius 2 is 2.33 bits per heavy atom. The average molecular weight is 225 g/mol. The lowest BCUT2D eigenvalue weighted by molar-refractivity contribution is 0.0526. The molecule has 0 radical (unpaired) electrons. The van der Waals surface area contributed by atoms with Gasteiger partial charge in [-0.15, -0.1) is 0 Å². The van der Waals surface area contributed by atoms with E-state index in [-0.39, 0.29) is 28.4 Å². The summed E-state index contributed by atoms with van der Waals surface area (Å²) in [6.45, 7) is 1.94. The molecule has 0 amide bonds. The molecule has 0 unspecified atom stereocenters. The van der Waals surface area contributed by atoms with Crippen LogP contribution >= 0.6 is 11.6 Å². The standard InChI is InChI=1S/C10H9ClN2O2/c1-2-15-10(14)7-3-6(5-12)9(13)4-8(7)11/h3-4H,2,13H2,1H3. The molecular formula is C10H9ClN2O2. The lowest BCUT2D eigenvalue weighted by Gasteiger charge is -2.05. The summed E-state index contributed by atoms with van der Waals surface area (Å²) in [6, 6.07) is 4.56. The first-order chi connectivity index (χ1) is 7.10. The van der Waals surface area contributed by atoms with Gasteiger partial charge in [0.2, 0.25) is 0 Å². The Morgan fingerprint density at radius 1 is 1.67 bits per heavy atom. The number of nitrogens with zero attached hydrogens (tertiary/aromatic N) is 1. The number of nitrogens with two attached hydrogens (primary N) is 1. The molecule has 0 saturated carbocycles. The number of carbonyl (C=O) groups excluding carboxylic acids is 1. The van der Waals surface area contributed by atoms with Crippen molar-refractivity contribution in [3.8, 4) is 6.07 Å². The van der Waals surface area contributed by atoms with Crippen molar-refractivity contribution in [2.75, 3.05) is 12.3 Å². The number of nitrogen functional groups attached to an aromatic ring is 1. The van der Waals surface area contributed by atoms with E-state index in [0.717, 1.165) is 0 Å². The number of rotatable bonds is 2. The Balaban J connectivity index is 3.20. The molecule has 1 aromatic carbocycles. The highest BCUT2D eigenvalue weighted by Crippen LogP contribution is 2.23. The second kappa shape index (κ2) is 4.67. The van der Waals surface area contributed by atoms with E-state index in [1.807, 2.05) is 6.07 Å².